The van der Waals surface area contributed by atoms with Crippen LogP contribution in [0.2, 0.25) is 0 Å². The minimum atomic E-state index is -3.82. The minimum Gasteiger partial charge on any atom is -0.460 e. The van der Waals surface area contributed by atoms with Crippen molar-refractivity contribution < 1.29 is 17.9 Å². The Morgan fingerprint density at radius 1 is 1.12 bits per heavy atom. The molecule has 0 saturated heterocycles. The first-order chi connectivity index (χ1) is 11.4. The van der Waals surface area contributed by atoms with Crippen molar-refractivity contribution in [1.82, 2.24) is 4.31 Å². The van der Waals surface area contributed by atoms with E-state index in [4.69, 9.17) is 10.00 Å². The smallest absolute Gasteiger partial charge is 0.321 e. The van der Waals surface area contributed by atoms with Gasteiger partial charge in [-0.1, -0.05) is 30.3 Å². The highest BCUT2D eigenvalue weighted by Crippen LogP contribution is 2.15. The Kier molecular flexibility index (Phi) is 5.68. The molecule has 124 valence electrons. The molecule has 0 radical (unpaired) electrons. The second kappa shape index (κ2) is 7.73. The zero-order valence-electron chi connectivity index (χ0n) is 13.0. The van der Waals surface area contributed by atoms with Crippen LogP contribution in [0, 0.1) is 11.3 Å². The van der Waals surface area contributed by atoms with E-state index in [1.807, 2.05) is 36.4 Å². The maximum Gasteiger partial charge on any atom is 0.321 e. The number of rotatable bonds is 6. The molecule has 6 nitrogen and oxygen atoms in total. The molecule has 2 aromatic carbocycles. The van der Waals surface area contributed by atoms with Gasteiger partial charge in [-0.2, -0.15) is 9.57 Å². The number of esters is 1. The van der Waals surface area contributed by atoms with Gasteiger partial charge in [0.1, 0.15) is 13.2 Å². The number of ether oxygens (including phenoxy) is 1. The summed E-state index contributed by atoms with van der Waals surface area (Å²) in [6.07, 6.45) is 0. The van der Waals surface area contributed by atoms with Gasteiger partial charge in [0.05, 0.1) is 16.5 Å². The lowest BCUT2D eigenvalue weighted by Gasteiger charge is -2.16. The maximum atomic E-state index is 12.4. The maximum absolute atomic E-state index is 12.4. The predicted molar refractivity (Wildman–Crippen MR) is 87.2 cm³/mol. The predicted octanol–water partition coefficient (Wildman–Crippen LogP) is 1.92. The topological polar surface area (TPSA) is 87.5 Å². The average molecular weight is 344 g/mol. The molecule has 0 aliphatic heterocycles. The number of hydrogen-bond acceptors (Lipinski definition) is 5. The molecule has 0 saturated carbocycles. The monoisotopic (exact) mass is 344 g/mol. The third-order valence-corrected chi connectivity index (χ3v) is 5.10. The van der Waals surface area contributed by atoms with Gasteiger partial charge in [0.15, 0.2) is 0 Å². The number of carbonyl (C=O) groups is 1. The number of benzene rings is 2. The molecule has 0 fully saturated rings. The zero-order valence-corrected chi connectivity index (χ0v) is 13.9. The molecule has 24 heavy (non-hydrogen) atoms. The van der Waals surface area contributed by atoms with Crippen LogP contribution >= 0.6 is 0 Å². The van der Waals surface area contributed by atoms with Crippen LogP contribution in [0.4, 0.5) is 0 Å². The van der Waals surface area contributed by atoms with Gasteiger partial charge in [0, 0.05) is 7.05 Å². The Morgan fingerprint density at radius 2 is 1.75 bits per heavy atom. The van der Waals surface area contributed by atoms with E-state index in [2.05, 4.69) is 0 Å². The zero-order chi connectivity index (χ0) is 17.6. The van der Waals surface area contributed by atoms with Crippen molar-refractivity contribution in [1.29, 1.82) is 5.26 Å². The van der Waals surface area contributed by atoms with Crippen LogP contribution < -0.4 is 0 Å². The summed E-state index contributed by atoms with van der Waals surface area (Å²) in [7, 11) is -2.52. The van der Waals surface area contributed by atoms with Crippen molar-refractivity contribution in [3.05, 3.63) is 65.7 Å². The van der Waals surface area contributed by atoms with Crippen LogP contribution in [0.1, 0.15) is 11.1 Å². The molecular weight excluding hydrogens is 328 g/mol. The first-order valence-electron chi connectivity index (χ1n) is 7.09. The summed E-state index contributed by atoms with van der Waals surface area (Å²) in [5.41, 5.74) is 1.18. The second-order valence-corrected chi connectivity index (χ2v) is 7.09. The fraction of sp³-hybridized carbons (Fsp3) is 0.176. The Bertz CT molecular complexity index is 840. The second-order valence-electron chi connectivity index (χ2n) is 5.04. The average Bonchev–Trinajstić information content (AvgIpc) is 2.60. The molecule has 0 amide bonds. The SMILES string of the molecule is CN(CC(=O)OCc1ccccc1)S(=O)(=O)c1ccc(C#N)cc1. The highest BCUT2D eigenvalue weighted by Gasteiger charge is 2.23. The van der Waals surface area contributed by atoms with Gasteiger partial charge < -0.3 is 4.74 Å². The summed E-state index contributed by atoms with van der Waals surface area (Å²) >= 11 is 0. The van der Waals surface area contributed by atoms with E-state index >= 15 is 0 Å². The van der Waals surface area contributed by atoms with Gasteiger partial charge in [-0.15, -0.1) is 0 Å². The summed E-state index contributed by atoms with van der Waals surface area (Å²) in [6, 6.07) is 16.5. The molecule has 0 heterocycles. The molecule has 0 aromatic heterocycles. The van der Waals surface area contributed by atoms with Crippen LogP contribution in [-0.4, -0.2) is 32.3 Å². The highest BCUT2D eigenvalue weighted by molar-refractivity contribution is 7.89. The molecule has 2 aromatic rings. The summed E-state index contributed by atoms with van der Waals surface area (Å²) in [4.78, 5) is 11.8. The Labute approximate surface area is 141 Å². The van der Waals surface area contributed by atoms with Crippen LogP contribution in [-0.2, 0) is 26.2 Å². The summed E-state index contributed by atoms with van der Waals surface area (Å²) in [5.74, 6) is -0.640. The molecular formula is C17H16N2O4S. The lowest BCUT2D eigenvalue weighted by atomic mass is 10.2. The lowest BCUT2D eigenvalue weighted by molar-refractivity contribution is -0.144. The summed E-state index contributed by atoms with van der Waals surface area (Å²) in [6.45, 7) is -0.306. The van der Waals surface area contributed by atoms with Crippen LogP contribution in [0.25, 0.3) is 0 Å². The number of nitrogens with zero attached hydrogens (tertiary/aromatic N) is 2. The van der Waals surface area contributed by atoms with E-state index in [1.165, 1.54) is 31.3 Å². The van der Waals surface area contributed by atoms with Crippen molar-refractivity contribution in [3.8, 4) is 6.07 Å². The first-order valence-corrected chi connectivity index (χ1v) is 8.53. The van der Waals surface area contributed by atoms with Gasteiger partial charge in [0.25, 0.3) is 0 Å². The van der Waals surface area contributed by atoms with E-state index < -0.39 is 22.5 Å². The van der Waals surface area contributed by atoms with Crippen molar-refractivity contribution in [3.63, 3.8) is 0 Å². The van der Waals surface area contributed by atoms with Gasteiger partial charge in [-0.25, -0.2) is 8.42 Å². The van der Waals surface area contributed by atoms with Crippen molar-refractivity contribution in [2.45, 2.75) is 11.5 Å². The molecule has 0 N–H and O–H groups in total. The largest absolute Gasteiger partial charge is 0.460 e. The molecule has 0 unspecified atom stereocenters. The normalized spacial score (nSPS) is 11.0. The molecule has 2 rings (SSSR count). The number of hydrogen-bond donors (Lipinski definition) is 0. The quantitative estimate of drug-likeness (QED) is 0.747. The first kappa shape index (κ1) is 17.7. The van der Waals surface area contributed by atoms with E-state index in [-0.39, 0.29) is 11.5 Å². The Morgan fingerprint density at radius 3 is 2.33 bits per heavy atom. The lowest BCUT2D eigenvalue weighted by Crippen LogP contribution is -2.33. The standard InChI is InChI=1S/C17H16N2O4S/c1-19(12-17(20)23-13-15-5-3-2-4-6-15)24(21,22)16-9-7-14(11-18)8-10-16/h2-10H,12-13H2,1H3. The third-order valence-electron chi connectivity index (χ3n) is 3.29. The van der Waals surface area contributed by atoms with Gasteiger partial charge in [-0.05, 0) is 29.8 Å². The number of carbonyl (C=O) groups excluding carboxylic acids is 1. The Hall–Kier alpha value is -2.69. The third kappa shape index (κ3) is 4.41. The van der Waals surface area contributed by atoms with E-state index in [0.717, 1.165) is 9.87 Å². The summed E-state index contributed by atoms with van der Waals surface area (Å²) in [5, 5.41) is 8.74. The fourth-order valence-electron chi connectivity index (χ4n) is 1.93. The molecule has 0 atom stereocenters. The van der Waals surface area contributed by atoms with Crippen molar-refractivity contribution in [2.75, 3.05) is 13.6 Å². The van der Waals surface area contributed by atoms with Gasteiger partial charge in [0.2, 0.25) is 10.0 Å². The van der Waals surface area contributed by atoms with E-state index in [9.17, 15) is 13.2 Å². The molecule has 0 aliphatic rings. The van der Waals surface area contributed by atoms with Crippen LogP contribution in [0.5, 0.6) is 0 Å². The van der Waals surface area contributed by atoms with E-state index in [0.29, 0.717) is 5.56 Å². The van der Waals surface area contributed by atoms with Crippen LogP contribution in [0.3, 0.4) is 0 Å². The molecule has 0 aliphatic carbocycles. The molecule has 7 heteroatoms. The van der Waals surface area contributed by atoms with Gasteiger partial charge >= 0.3 is 5.97 Å². The Balaban J connectivity index is 1.98. The number of likely N-dealkylation sites (N-methyl/N-ethyl adjacent to an activating group) is 1. The molecule has 0 spiro atoms. The number of sulfonamides is 1. The number of nitriles is 1. The van der Waals surface area contributed by atoms with E-state index in [1.54, 1.807) is 0 Å². The van der Waals surface area contributed by atoms with Crippen LogP contribution in [0.15, 0.2) is 59.5 Å². The van der Waals surface area contributed by atoms with Crippen molar-refractivity contribution in [2.24, 2.45) is 0 Å². The highest BCUT2D eigenvalue weighted by atomic mass is 32.2. The van der Waals surface area contributed by atoms with Crippen molar-refractivity contribution >= 4 is 16.0 Å². The summed E-state index contributed by atoms with van der Waals surface area (Å²) < 4.78 is 30.8. The molecule has 0 bridgehead atoms. The minimum absolute atomic E-state index is 0.0138. The van der Waals surface area contributed by atoms with Gasteiger partial charge in [-0.3, -0.25) is 4.79 Å². The fourth-order valence-corrected chi connectivity index (χ4v) is 3.05.